The number of nitrogens with one attached hydrogen (secondary N) is 1. The van der Waals surface area contributed by atoms with Crippen LogP contribution in [0.15, 0.2) is 30.3 Å². The van der Waals surface area contributed by atoms with Gasteiger partial charge in [-0.05, 0) is 31.4 Å². The summed E-state index contributed by atoms with van der Waals surface area (Å²) in [6.45, 7) is 3.00. The highest BCUT2D eigenvalue weighted by Gasteiger charge is 2.13. The number of benzene rings is 1. The molecule has 1 aliphatic rings. The van der Waals surface area contributed by atoms with Gasteiger partial charge in [-0.1, -0.05) is 30.3 Å². The Balaban J connectivity index is 1.59. The maximum atomic E-state index is 5.54. The quantitative estimate of drug-likeness (QED) is 0.742. The van der Waals surface area contributed by atoms with E-state index in [0.717, 1.165) is 26.1 Å². The lowest BCUT2D eigenvalue weighted by Gasteiger charge is -2.10. The molecule has 1 N–H and O–H groups in total. The summed E-state index contributed by atoms with van der Waals surface area (Å²) in [5, 5.41) is 3.45. The third kappa shape index (κ3) is 3.65. The van der Waals surface area contributed by atoms with Crippen LogP contribution in [0.5, 0.6) is 0 Å². The van der Waals surface area contributed by atoms with Crippen molar-refractivity contribution in [2.45, 2.75) is 25.4 Å². The first-order valence-corrected chi connectivity index (χ1v) is 5.81. The summed E-state index contributed by atoms with van der Waals surface area (Å²) in [6.07, 6.45) is 4.01. The molecular weight excluding hydrogens is 186 g/mol. The van der Waals surface area contributed by atoms with Gasteiger partial charge in [-0.25, -0.2) is 0 Å². The summed E-state index contributed by atoms with van der Waals surface area (Å²) in [7, 11) is 0. The van der Waals surface area contributed by atoms with Crippen LogP contribution in [0, 0.1) is 0 Å². The first-order valence-electron chi connectivity index (χ1n) is 5.81. The molecule has 0 aliphatic carbocycles. The Hall–Kier alpha value is -0.860. The van der Waals surface area contributed by atoms with Crippen molar-refractivity contribution in [3.05, 3.63) is 35.9 Å². The predicted octanol–water partition coefficient (Wildman–Crippen LogP) is 2.00. The van der Waals surface area contributed by atoms with Crippen LogP contribution in [0.1, 0.15) is 18.4 Å². The van der Waals surface area contributed by atoms with E-state index in [1.807, 2.05) is 0 Å². The van der Waals surface area contributed by atoms with Gasteiger partial charge in [0.05, 0.1) is 6.10 Å². The second-order valence-corrected chi connectivity index (χ2v) is 4.07. The maximum Gasteiger partial charge on any atom is 0.0700 e. The molecule has 15 heavy (non-hydrogen) atoms. The standard InChI is InChI=1S/C13H19NO/c1-2-5-12(6-3-1)8-9-14-11-13-7-4-10-15-13/h1-3,5-6,13-14H,4,7-11H2/t13-/m1/s1. The Morgan fingerprint density at radius 1 is 1.27 bits per heavy atom. The molecule has 1 saturated heterocycles. The highest BCUT2D eigenvalue weighted by atomic mass is 16.5. The molecule has 82 valence electrons. The first-order chi connectivity index (χ1) is 7.45. The van der Waals surface area contributed by atoms with E-state index in [1.54, 1.807) is 0 Å². The lowest BCUT2D eigenvalue weighted by atomic mass is 10.1. The Bertz CT molecular complexity index is 267. The minimum absolute atomic E-state index is 0.459. The van der Waals surface area contributed by atoms with Gasteiger partial charge in [0.25, 0.3) is 0 Å². The van der Waals surface area contributed by atoms with E-state index in [-0.39, 0.29) is 0 Å². The van der Waals surface area contributed by atoms with E-state index < -0.39 is 0 Å². The molecule has 2 rings (SSSR count). The van der Waals surface area contributed by atoms with Gasteiger partial charge >= 0.3 is 0 Å². The van der Waals surface area contributed by atoms with Crippen LogP contribution in [-0.2, 0) is 11.2 Å². The Morgan fingerprint density at radius 2 is 2.13 bits per heavy atom. The zero-order chi connectivity index (χ0) is 10.3. The van der Waals surface area contributed by atoms with Gasteiger partial charge in [0.2, 0.25) is 0 Å². The lowest BCUT2D eigenvalue weighted by Crippen LogP contribution is -2.27. The molecular formula is C13H19NO. The highest BCUT2D eigenvalue weighted by molar-refractivity contribution is 5.14. The van der Waals surface area contributed by atoms with Crippen LogP contribution < -0.4 is 5.32 Å². The van der Waals surface area contributed by atoms with Crippen molar-refractivity contribution in [3.8, 4) is 0 Å². The molecule has 0 spiro atoms. The van der Waals surface area contributed by atoms with E-state index in [4.69, 9.17) is 4.74 Å². The van der Waals surface area contributed by atoms with Gasteiger partial charge < -0.3 is 10.1 Å². The molecule has 0 bridgehead atoms. The molecule has 2 nitrogen and oxygen atoms in total. The zero-order valence-electron chi connectivity index (χ0n) is 9.11. The molecule has 0 radical (unpaired) electrons. The Morgan fingerprint density at radius 3 is 2.87 bits per heavy atom. The summed E-state index contributed by atoms with van der Waals surface area (Å²) in [4.78, 5) is 0. The lowest BCUT2D eigenvalue weighted by molar-refractivity contribution is 0.110. The highest BCUT2D eigenvalue weighted by Crippen LogP contribution is 2.10. The summed E-state index contributed by atoms with van der Waals surface area (Å²) < 4.78 is 5.54. The second-order valence-electron chi connectivity index (χ2n) is 4.07. The average molecular weight is 205 g/mol. The molecule has 1 heterocycles. The summed E-state index contributed by atoms with van der Waals surface area (Å²) in [5.74, 6) is 0. The Labute approximate surface area is 91.6 Å². The molecule has 0 unspecified atom stereocenters. The predicted molar refractivity (Wildman–Crippen MR) is 62.0 cm³/mol. The molecule has 0 amide bonds. The van der Waals surface area contributed by atoms with E-state index in [0.29, 0.717) is 6.10 Å². The van der Waals surface area contributed by atoms with E-state index in [1.165, 1.54) is 18.4 Å². The molecule has 1 aromatic rings. The first kappa shape index (κ1) is 10.7. The third-order valence-corrected chi connectivity index (χ3v) is 2.83. The monoisotopic (exact) mass is 205 g/mol. The molecule has 0 aromatic heterocycles. The second kappa shape index (κ2) is 5.89. The summed E-state index contributed by atoms with van der Waals surface area (Å²) >= 11 is 0. The summed E-state index contributed by atoms with van der Waals surface area (Å²) in [6, 6.07) is 10.6. The van der Waals surface area contributed by atoms with Crippen molar-refractivity contribution in [1.29, 1.82) is 0 Å². The minimum atomic E-state index is 0.459. The zero-order valence-corrected chi connectivity index (χ0v) is 9.11. The van der Waals surface area contributed by atoms with Crippen LogP contribution in [0.25, 0.3) is 0 Å². The van der Waals surface area contributed by atoms with Crippen molar-refractivity contribution in [2.24, 2.45) is 0 Å². The van der Waals surface area contributed by atoms with Crippen LogP contribution in [0.4, 0.5) is 0 Å². The van der Waals surface area contributed by atoms with Crippen molar-refractivity contribution in [3.63, 3.8) is 0 Å². The number of ether oxygens (including phenoxy) is 1. The third-order valence-electron chi connectivity index (χ3n) is 2.83. The molecule has 2 heteroatoms. The van der Waals surface area contributed by atoms with Gasteiger partial charge in [-0.2, -0.15) is 0 Å². The smallest absolute Gasteiger partial charge is 0.0700 e. The van der Waals surface area contributed by atoms with Gasteiger partial charge in [0.1, 0.15) is 0 Å². The van der Waals surface area contributed by atoms with Crippen molar-refractivity contribution in [2.75, 3.05) is 19.7 Å². The number of hydrogen-bond acceptors (Lipinski definition) is 2. The SMILES string of the molecule is c1ccc(CCNC[C@H]2CCCO2)cc1. The van der Waals surface area contributed by atoms with Crippen molar-refractivity contribution >= 4 is 0 Å². The normalized spacial score (nSPS) is 20.7. The molecule has 1 aromatic carbocycles. The van der Waals surface area contributed by atoms with Crippen LogP contribution >= 0.6 is 0 Å². The fourth-order valence-electron chi connectivity index (χ4n) is 1.95. The maximum absolute atomic E-state index is 5.54. The fourth-order valence-corrected chi connectivity index (χ4v) is 1.95. The average Bonchev–Trinajstić information content (AvgIpc) is 2.79. The molecule has 1 atom stereocenters. The van der Waals surface area contributed by atoms with Gasteiger partial charge in [0.15, 0.2) is 0 Å². The van der Waals surface area contributed by atoms with E-state index in [2.05, 4.69) is 35.6 Å². The Kier molecular flexibility index (Phi) is 4.18. The minimum Gasteiger partial charge on any atom is -0.377 e. The van der Waals surface area contributed by atoms with E-state index in [9.17, 15) is 0 Å². The largest absolute Gasteiger partial charge is 0.377 e. The molecule has 0 saturated carbocycles. The van der Waals surface area contributed by atoms with Crippen LogP contribution in [-0.4, -0.2) is 25.8 Å². The summed E-state index contributed by atoms with van der Waals surface area (Å²) in [5.41, 5.74) is 1.40. The van der Waals surface area contributed by atoms with Crippen molar-refractivity contribution < 1.29 is 4.74 Å². The van der Waals surface area contributed by atoms with E-state index >= 15 is 0 Å². The van der Waals surface area contributed by atoms with Crippen LogP contribution in [0.2, 0.25) is 0 Å². The van der Waals surface area contributed by atoms with Gasteiger partial charge in [-0.3, -0.25) is 0 Å². The van der Waals surface area contributed by atoms with Gasteiger partial charge in [0, 0.05) is 13.2 Å². The van der Waals surface area contributed by atoms with Crippen molar-refractivity contribution in [1.82, 2.24) is 5.32 Å². The van der Waals surface area contributed by atoms with Crippen LogP contribution in [0.3, 0.4) is 0 Å². The fraction of sp³-hybridized carbons (Fsp3) is 0.538. The topological polar surface area (TPSA) is 21.3 Å². The number of hydrogen-bond donors (Lipinski definition) is 1. The molecule has 1 fully saturated rings. The van der Waals surface area contributed by atoms with Gasteiger partial charge in [-0.15, -0.1) is 0 Å². The number of rotatable bonds is 5. The molecule has 1 aliphatic heterocycles.